The van der Waals surface area contributed by atoms with Gasteiger partial charge in [-0.3, -0.25) is 0 Å². The normalized spacial score (nSPS) is 13.8. The minimum atomic E-state index is -3.32. The van der Waals surface area contributed by atoms with Gasteiger partial charge in [-0.25, -0.2) is 13.1 Å². The van der Waals surface area contributed by atoms with Crippen LogP contribution in [0.2, 0.25) is 0 Å². The van der Waals surface area contributed by atoms with Gasteiger partial charge in [0, 0.05) is 4.83 Å². The molecule has 0 aliphatic heterocycles. The minimum Gasteiger partial charge on any atom is -0.214 e. The molecule has 0 saturated heterocycles. The van der Waals surface area contributed by atoms with E-state index in [-0.39, 0.29) is 0 Å². The summed E-state index contributed by atoms with van der Waals surface area (Å²) in [6, 6.07) is 7.05. The highest BCUT2D eigenvalue weighted by atomic mass is 79.9. The van der Waals surface area contributed by atoms with Gasteiger partial charge >= 0.3 is 0 Å². The van der Waals surface area contributed by atoms with Gasteiger partial charge in [0.05, 0.1) is 4.90 Å². The monoisotopic (exact) mass is 333 g/mol. The van der Waals surface area contributed by atoms with Gasteiger partial charge in [-0.2, -0.15) is 0 Å². The van der Waals surface area contributed by atoms with Crippen LogP contribution in [0.4, 0.5) is 0 Å². The molecular weight excluding hydrogens is 314 g/mol. The molecule has 1 aromatic rings. The van der Waals surface area contributed by atoms with Crippen molar-refractivity contribution in [3.05, 3.63) is 29.8 Å². The maximum atomic E-state index is 11.6. The van der Waals surface area contributed by atoms with E-state index in [4.69, 9.17) is 0 Å². The number of halogens is 1. The van der Waals surface area contributed by atoms with Crippen molar-refractivity contribution in [3.8, 4) is 0 Å². The van der Waals surface area contributed by atoms with Crippen LogP contribution in [0.3, 0.4) is 0 Å². The van der Waals surface area contributed by atoms with Crippen LogP contribution < -0.4 is 4.72 Å². The predicted molar refractivity (Wildman–Crippen MR) is 78.6 cm³/mol. The quantitative estimate of drug-likeness (QED) is 0.813. The molecule has 1 atom stereocenters. The van der Waals surface area contributed by atoms with E-state index in [2.05, 4.69) is 34.5 Å². The first-order valence-corrected chi connectivity index (χ1v) is 8.41. The molecule has 102 valence electrons. The fourth-order valence-electron chi connectivity index (χ4n) is 1.77. The van der Waals surface area contributed by atoms with E-state index in [9.17, 15) is 8.42 Å². The van der Waals surface area contributed by atoms with E-state index in [1.165, 1.54) is 7.05 Å². The van der Waals surface area contributed by atoms with E-state index in [0.29, 0.717) is 15.6 Å². The van der Waals surface area contributed by atoms with Crippen LogP contribution in [-0.2, 0) is 16.4 Å². The molecule has 1 N–H and O–H groups in total. The molecule has 0 saturated carbocycles. The van der Waals surface area contributed by atoms with Gasteiger partial charge in [0.2, 0.25) is 10.0 Å². The van der Waals surface area contributed by atoms with Gasteiger partial charge in [0.25, 0.3) is 0 Å². The lowest BCUT2D eigenvalue weighted by Crippen LogP contribution is -2.18. The van der Waals surface area contributed by atoms with Gasteiger partial charge in [-0.05, 0) is 43.5 Å². The average molecular weight is 334 g/mol. The lowest BCUT2D eigenvalue weighted by atomic mass is 10.0. The first kappa shape index (κ1) is 15.7. The zero-order valence-corrected chi connectivity index (χ0v) is 13.4. The van der Waals surface area contributed by atoms with Gasteiger partial charge in [-0.1, -0.05) is 41.9 Å². The Hall–Kier alpha value is -0.390. The lowest BCUT2D eigenvalue weighted by molar-refractivity contribution is 0.571. The van der Waals surface area contributed by atoms with Gasteiger partial charge < -0.3 is 0 Å². The maximum Gasteiger partial charge on any atom is 0.240 e. The predicted octanol–water partition coefficient (Wildman–Crippen LogP) is 2.95. The van der Waals surface area contributed by atoms with Crippen molar-refractivity contribution in [1.29, 1.82) is 0 Å². The molecule has 1 unspecified atom stereocenters. The highest BCUT2D eigenvalue weighted by Gasteiger charge is 2.12. The number of sulfonamides is 1. The summed E-state index contributed by atoms with van der Waals surface area (Å²) in [4.78, 5) is 0.744. The molecule has 0 aliphatic carbocycles. The van der Waals surface area contributed by atoms with Gasteiger partial charge in [0.1, 0.15) is 0 Å². The molecule has 0 fully saturated rings. The van der Waals surface area contributed by atoms with Crippen LogP contribution in [0.1, 0.15) is 25.8 Å². The molecule has 0 spiro atoms. The molecule has 0 aromatic heterocycles. The Morgan fingerprint density at radius 2 is 1.78 bits per heavy atom. The number of benzene rings is 1. The zero-order valence-electron chi connectivity index (χ0n) is 11.0. The number of alkyl halides is 1. The number of hydrogen-bond donors (Lipinski definition) is 1. The molecule has 0 amide bonds. The first-order chi connectivity index (χ1) is 8.35. The Bertz CT molecular complexity index is 468. The van der Waals surface area contributed by atoms with Gasteiger partial charge in [0.15, 0.2) is 0 Å². The number of rotatable bonds is 6. The van der Waals surface area contributed by atoms with Crippen LogP contribution in [-0.4, -0.2) is 20.3 Å². The summed E-state index contributed by atoms with van der Waals surface area (Å²) in [5.41, 5.74) is 1.15. The summed E-state index contributed by atoms with van der Waals surface area (Å²) >= 11 is 3.66. The second-order valence-electron chi connectivity index (χ2n) is 4.78. The summed E-state index contributed by atoms with van der Waals surface area (Å²) in [7, 11) is -1.91. The molecule has 1 rings (SSSR count). The summed E-state index contributed by atoms with van der Waals surface area (Å²) < 4.78 is 25.4. The summed E-state index contributed by atoms with van der Waals surface area (Å²) in [5.74, 6) is 0.651. The molecule has 5 heteroatoms. The van der Waals surface area contributed by atoms with Crippen molar-refractivity contribution in [3.63, 3.8) is 0 Å². The fourth-order valence-corrected chi connectivity index (χ4v) is 3.62. The smallest absolute Gasteiger partial charge is 0.214 e. The third-order valence-corrected chi connectivity index (χ3v) is 4.81. The van der Waals surface area contributed by atoms with Crippen LogP contribution in [0, 0.1) is 5.92 Å². The summed E-state index contributed by atoms with van der Waals surface area (Å²) in [6.07, 6.45) is 2.02. The first-order valence-electron chi connectivity index (χ1n) is 6.01. The molecule has 0 radical (unpaired) electrons. The second kappa shape index (κ2) is 6.68. The van der Waals surface area contributed by atoms with Crippen molar-refractivity contribution < 1.29 is 8.42 Å². The van der Waals surface area contributed by atoms with E-state index in [0.717, 1.165) is 18.4 Å². The van der Waals surface area contributed by atoms with E-state index >= 15 is 0 Å². The Morgan fingerprint density at radius 3 is 2.22 bits per heavy atom. The standard InChI is InChI=1S/C13H20BrNO2S/c1-10(2)8-12(14)9-11-4-6-13(7-5-11)18(16,17)15-3/h4-7,10,12,15H,8-9H2,1-3H3. The van der Waals surface area contributed by atoms with Crippen LogP contribution in [0.5, 0.6) is 0 Å². The number of nitrogens with one attached hydrogen (secondary N) is 1. The topological polar surface area (TPSA) is 46.2 Å². The maximum absolute atomic E-state index is 11.6. The Morgan fingerprint density at radius 1 is 1.22 bits per heavy atom. The Kier molecular flexibility index (Phi) is 5.82. The van der Waals surface area contributed by atoms with E-state index in [1.807, 2.05) is 12.1 Å². The molecule has 18 heavy (non-hydrogen) atoms. The van der Waals surface area contributed by atoms with Gasteiger partial charge in [-0.15, -0.1) is 0 Å². The van der Waals surface area contributed by atoms with E-state index in [1.54, 1.807) is 12.1 Å². The molecule has 0 aliphatic rings. The summed E-state index contributed by atoms with van der Waals surface area (Å²) in [6.45, 7) is 4.38. The van der Waals surface area contributed by atoms with Crippen molar-refractivity contribution in [2.45, 2.75) is 36.4 Å². The Labute approximate surface area is 118 Å². The minimum absolute atomic E-state index is 0.309. The highest BCUT2D eigenvalue weighted by Crippen LogP contribution is 2.19. The van der Waals surface area contributed by atoms with E-state index < -0.39 is 10.0 Å². The average Bonchev–Trinajstić information content (AvgIpc) is 2.28. The molecule has 0 heterocycles. The van der Waals surface area contributed by atoms with Crippen molar-refractivity contribution in [2.75, 3.05) is 7.05 Å². The molecule has 0 bridgehead atoms. The molecular formula is C13H20BrNO2S. The largest absolute Gasteiger partial charge is 0.240 e. The molecule has 1 aromatic carbocycles. The third-order valence-electron chi connectivity index (χ3n) is 2.69. The Balaban J connectivity index is 2.72. The highest BCUT2D eigenvalue weighted by molar-refractivity contribution is 9.09. The van der Waals surface area contributed by atoms with Crippen molar-refractivity contribution in [1.82, 2.24) is 4.72 Å². The van der Waals surface area contributed by atoms with Crippen molar-refractivity contribution >= 4 is 26.0 Å². The lowest BCUT2D eigenvalue weighted by Gasteiger charge is -2.12. The third kappa shape index (κ3) is 4.71. The van der Waals surface area contributed by atoms with Crippen molar-refractivity contribution in [2.24, 2.45) is 5.92 Å². The van der Waals surface area contributed by atoms with Crippen LogP contribution >= 0.6 is 15.9 Å². The fraction of sp³-hybridized carbons (Fsp3) is 0.538. The van der Waals surface area contributed by atoms with Crippen LogP contribution in [0.25, 0.3) is 0 Å². The van der Waals surface area contributed by atoms with Crippen LogP contribution in [0.15, 0.2) is 29.2 Å². The molecule has 3 nitrogen and oxygen atoms in total. The SMILES string of the molecule is CNS(=O)(=O)c1ccc(CC(Br)CC(C)C)cc1. The zero-order chi connectivity index (χ0) is 13.8. The number of hydrogen-bond acceptors (Lipinski definition) is 2. The second-order valence-corrected chi connectivity index (χ2v) is 7.96. The summed E-state index contributed by atoms with van der Waals surface area (Å²) in [5, 5.41) is 0.